The highest BCUT2D eigenvalue weighted by molar-refractivity contribution is 6.32. The highest BCUT2D eigenvalue weighted by Crippen LogP contribution is 2.27. The maximum Gasteiger partial charge on any atom is 0.319 e. The Balaban J connectivity index is 1.79. The van der Waals surface area contributed by atoms with Gasteiger partial charge in [0.05, 0.1) is 11.6 Å². The largest absolute Gasteiger partial charge is 0.492 e. The smallest absolute Gasteiger partial charge is 0.319 e. The van der Waals surface area contributed by atoms with Crippen LogP contribution in [0.2, 0.25) is 5.02 Å². The van der Waals surface area contributed by atoms with E-state index in [4.69, 9.17) is 16.3 Å². The quantitative estimate of drug-likeness (QED) is 0.813. The molecule has 24 heavy (non-hydrogen) atoms. The van der Waals surface area contributed by atoms with Gasteiger partial charge < -0.3 is 15.4 Å². The normalized spacial score (nSPS) is 19.6. The van der Waals surface area contributed by atoms with E-state index in [1.807, 2.05) is 6.92 Å². The number of ether oxygens (including phenoxy) is 1. The lowest BCUT2D eigenvalue weighted by molar-refractivity contribution is 0.138. The number of hydrogen-bond acceptors (Lipinski definition) is 3. The number of hydrogen-bond donors (Lipinski definition) is 2. The molecule has 2 unspecified atom stereocenters. The standard InChI is InChI=1S/C18H28ClN3O2/c1-4-24-17-8-7-15(10-16(17)19)21-18(23)20-11-14(3)22-9-5-6-13(2)12-22/h7-8,10,13-14H,4-6,9,11-12H2,1-3H3,(H2,20,21,23). The third-order valence-electron chi connectivity index (χ3n) is 4.36. The number of benzene rings is 1. The van der Waals surface area contributed by atoms with Crippen molar-refractivity contribution >= 4 is 23.3 Å². The maximum atomic E-state index is 12.1. The number of nitrogens with one attached hydrogen (secondary N) is 2. The van der Waals surface area contributed by atoms with E-state index in [-0.39, 0.29) is 6.03 Å². The molecule has 2 N–H and O–H groups in total. The Hall–Kier alpha value is -1.46. The first-order valence-corrected chi connectivity index (χ1v) is 9.08. The lowest BCUT2D eigenvalue weighted by Crippen LogP contribution is -2.47. The number of halogens is 1. The molecule has 0 radical (unpaired) electrons. The molecule has 1 fully saturated rings. The number of carbonyl (C=O) groups excluding carboxylic acids is 1. The molecular formula is C18H28ClN3O2. The van der Waals surface area contributed by atoms with E-state index >= 15 is 0 Å². The Labute approximate surface area is 149 Å². The van der Waals surface area contributed by atoms with Gasteiger partial charge in [0.15, 0.2) is 0 Å². The highest BCUT2D eigenvalue weighted by Gasteiger charge is 2.21. The fourth-order valence-corrected chi connectivity index (χ4v) is 3.26. The molecule has 2 atom stereocenters. The topological polar surface area (TPSA) is 53.6 Å². The highest BCUT2D eigenvalue weighted by atomic mass is 35.5. The molecule has 134 valence electrons. The summed E-state index contributed by atoms with van der Waals surface area (Å²) in [6.45, 7) is 9.76. The predicted molar refractivity (Wildman–Crippen MR) is 99.1 cm³/mol. The van der Waals surface area contributed by atoms with Gasteiger partial charge >= 0.3 is 6.03 Å². The van der Waals surface area contributed by atoms with Crippen LogP contribution in [0.1, 0.15) is 33.6 Å². The molecule has 2 rings (SSSR count). The van der Waals surface area contributed by atoms with E-state index in [0.29, 0.717) is 35.7 Å². The zero-order chi connectivity index (χ0) is 17.5. The van der Waals surface area contributed by atoms with Gasteiger partial charge in [-0.05, 0) is 57.4 Å². The summed E-state index contributed by atoms with van der Waals surface area (Å²) in [5.74, 6) is 1.36. The van der Waals surface area contributed by atoms with Crippen molar-refractivity contribution in [1.29, 1.82) is 0 Å². The molecule has 0 aliphatic carbocycles. The second-order valence-electron chi connectivity index (χ2n) is 6.50. The van der Waals surface area contributed by atoms with Crippen LogP contribution in [0.3, 0.4) is 0 Å². The van der Waals surface area contributed by atoms with Gasteiger partial charge in [-0.15, -0.1) is 0 Å². The number of anilines is 1. The summed E-state index contributed by atoms with van der Waals surface area (Å²) < 4.78 is 5.39. The van der Waals surface area contributed by atoms with Crippen LogP contribution in [0.25, 0.3) is 0 Å². The number of piperidine rings is 1. The first kappa shape index (κ1) is 18.9. The van der Waals surface area contributed by atoms with Gasteiger partial charge in [-0.3, -0.25) is 4.90 Å². The summed E-state index contributed by atoms with van der Waals surface area (Å²) in [6, 6.07) is 5.36. The molecule has 1 aliphatic rings. The van der Waals surface area contributed by atoms with Gasteiger partial charge in [0, 0.05) is 24.8 Å². The minimum absolute atomic E-state index is 0.216. The summed E-state index contributed by atoms with van der Waals surface area (Å²) in [5, 5.41) is 6.24. The average molecular weight is 354 g/mol. The van der Waals surface area contributed by atoms with Gasteiger partial charge in [0.25, 0.3) is 0 Å². The second-order valence-corrected chi connectivity index (χ2v) is 6.91. The van der Waals surface area contributed by atoms with Crippen molar-refractivity contribution in [3.63, 3.8) is 0 Å². The van der Waals surface area contributed by atoms with E-state index in [2.05, 4.69) is 29.4 Å². The molecule has 1 aliphatic heterocycles. The molecule has 6 heteroatoms. The first-order valence-electron chi connectivity index (χ1n) is 8.70. The van der Waals surface area contributed by atoms with E-state index in [1.54, 1.807) is 18.2 Å². The van der Waals surface area contributed by atoms with Crippen molar-refractivity contribution in [2.75, 3.05) is 31.6 Å². The lowest BCUT2D eigenvalue weighted by Gasteiger charge is -2.35. The van der Waals surface area contributed by atoms with Crippen LogP contribution in [0.4, 0.5) is 10.5 Å². The number of nitrogens with zero attached hydrogens (tertiary/aromatic N) is 1. The average Bonchev–Trinajstić information content (AvgIpc) is 2.55. The Morgan fingerprint density at radius 1 is 1.50 bits per heavy atom. The summed E-state index contributed by atoms with van der Waals surface area (Å²) in [4.78, 5) is 14.5. The Kier molecular flexibility index (Phi) is 7.18. The second kappa shape index (κ2) is 9.14. The summed E-state index contributed by atoms with van der Waals surface area (Å²) in [7, 11) is 0. The fourth-order valence-electron chi connectivity index (χ4n) is 3.02. The van der Waals surface area contributed by atoms with Gasteiger partial charge in [0.1, 0.15) is 5.75 Å². The maximum absolute atomic E-state index is 12.1. The van der Waals surface area contributed by atoms with Gasteiger partial charge in [-0.25, -0.2) is 4.79 Å². The minimum Gasteiger partial charge on any atom is -0.492 e. The molecule has 1 aromatic carbocycles. The molecule has 1 heterocycles. The van der Waals surface area contributed by atoms with Crippen LogP contribution in [0, 0.1) is 5.92 Å². The summed E-state index contributed by atoms with van der Waals surface area (Å²) in [6.07, 6.45) is 2.54. The van der Waals surface area contributed by atoms with Crippen molar-refractivity contribution in [2.24, 2.45) is 5.92 Å². The van der Waals surface area contributed by atoms with Crippen molar-refractivity contribution in [3.8, 4) is 5.75 Å². The molecule has 1 saturated heterocycles. The Morgan fingerprint density at radius 3 is 2.96 bits per heavy atom. The molecule has 5 nitrogen and oxygen atoms in total. The molecule has 0 bridgehead atoms. The molecule has 2 amide bonds. The number of rotatable bonds is 6. The lowest BCUT2D eigenvalue weighted by atomic mass is 9.99. The minimum atomic E-state index is -0.216. The predicted octanol–water partition coefficient (Wildman–Crippen LogP) is 3.98. The number of urea groups is 1. The van der Waals surface area contributed by atoms with Crippen LogP contribution >= 0.6 is 11.6 Å². The van der Waals surface area contributed by atoms with Gasteiger partial charge in [-0.2, -0.15) is 0 Å². The van der Waals surface area contributed by atoms with Gasteiger partial charge in [-0.1, -0.05) is 18.5 Å². The van der Waals surface area contributed by atoms with Crippen LogP contribution < -0.4 is 15.4 Å². The zero-order valence-corrected chi connectivity index (χ0v) is 15.5. The van der Waals surface area contributed by atoms with Crippen molar-refractivity contribution in [3.05, 3.63) is 23.2 Å². The first-order chi connectivity index (χ1) is 11.5. The monoisotopic (exact) mass is 353 g/mol. The molecule has 0 saturated carbocycles. The molecule has 1 aromatic rings. The SMILES string of the molecule is CCOc1ccc(NC(=O)NCC(C)N2CCCC(C)C2)cc1Cl. The Bertz CT molecular complexity index is 553. The third kappa shape index (κ3) is 5.56. The summed E-state index contributed by atoms with van der Waals surface area (Å²) >= 11 is 6.13. The van der Waals surface area contributed by atoms with Crippen molar-refractivity contribution < 1.29 is 9.53 Å². The van der Waals surface area contributed by atoms with E-state index in [1.165, 1.54) is 12.8 Å². The van der Waals surface area contributed by atoms with Crippen LogP contribution in [-0.2, 0) is 0 Å². The molecular weight excluding hydrogens is 326 g/mol. The van der Waals surface area contributed by atoms with Gasteiger partial charge in [0.2, 0.25) is 0 Å². The Morgan fingerprint density at radius 2 is 2.29 bits per heavy atom. The molecule has 0 aromatic heterocycles. The van der Waals surface area contributed by atoms with Crippen LogP contribution in [-0.4, -0.2) is 43.2 Å². The number of amides is 2. The third-order valence-corrected chi connectivity index (χ3v) is 4.65. The number of likely N-dealkylation sites (tertiary alicyclic amines) is 1. The van der Waals surface area contributed by atoms with Crippen molar-refractivity contribution in [1.82, 2.24) is 10.2 Å². The molecule has 0 spiro atoms. The van der Waals surface area contributed by atoms with E-state index < -0.39 is 0 Å². The van der Waals surface area contributed by atoms with E-state index in [9.17, 15) is 4.79 Å². The van der Waals surface area contributed by atoms with Crippen LogP contribution in [0.15, 0.2) is 18.2 Å². The van der Waals surface area contributed by atoms with Crippen molar-refractivity contribution in [2.45, 2.75) is 39.7 Å². The fraction of sp³-hybridized carbons (Fsp3) is 0.611. The number of carbonyl (C=O) groups is 1. The van der Waals surface area contributed by atoms with E-state index in [0.717, 1.165) is 19.0 Å². The zero-order valence-electron chi connectivity index (χ0n) is 14.8. The van der Waals surface area contributed by atoms with Crippen LogP contribution in [0.5, 0.6) is 5.75 Å². The summed E-state index contributed by atoms with van der Waals surface area (Å²) in [5.41, 5.74) is 0.653.